The Morgan fingerprint density at radius 1 is 1.17 bits per heavy atom. The second-order valence-corrected chi connectivity index (χ2v) is 11.1. The van der Waals surface area contributed by atoms with E-state index in [1.807, 2.05) is 23.1 Å². The Hall–Kier alpha value is -1.43. The number of anilines is 1. The van der Waals surface area contributed by atoms with E-state index in [1.165, 1.54) is 11.1 Å². The van der Waals surface area contributed by atoms with E-state index < -0.39 is 0 Å². The first kappa shape index (κ1) is 20.8. The first-order valence-corrected chi connectivity index (χ1v) is 12.1. The highest BCUT2D eigenvalue weighted by Crippen LogP contribution is 2.50. The number of amides is 1. The third kappa shape index (κ3) is 3.97. The van der Waals surface area contributed by atoms with E-state index in [4.69, 9.17) is 11.6 Å². The molecule has 0 N–H and O–H groups in total. The normalized spacial score (nSPS) is 22.9. The Bertz CT molecular complexity index is 958. The summed E-state index contributed by atoms with van der Waals surface area (Å²) in [4.78, 5) is 19.8. The molecule has 152 valence electrons. The number of aliphatic imine (C=N–C) groups is 1. The van der Waals surface area contributed by atoms with Crippen LogP contribution >= 0.6 is 35.1 Å². The van der Waals surface area contributed by atoms with Gasteiger partial charge >= 0.3 is 0 Å². The second-order valence-electron chi connectivity index (χ2n) is 8.36. The van der Waals surface area contributed by atoms with Crippen LogP contribution in [0.1, 0.15) is 38.3 Å². The first-order valence-electron chi connectivity index (χ1n) is 9.80. The average Bonchev–Trinajstić information content (AvgIpc) is 3.20. The molecule has 0 saturated heterocycles. The zero-order chi connectivity index (χ0) is 20.6. The third-order valence-electron chi connectivity index (χ3n) is 5.74. The maximum atomic E-state index is 13.3. The quantitative estimate of drug-likeness (QED) is 0.582. The summed E-state index contributed by atoms with van der Waals surface area (Å²) in [6.45, 7) is 7.47. The van der Waals surface area contributed by atoms with Crippen LogP contribution in [-0.4, -0.2) is 33.9 Å². The number of hydrogen-bond acceptors (Lipinski definition) is 4. The Morgan fingerprint density at radius 2 is 1.90 bits per heavy atom. The van der Waals surface area contributed by atoms with Crippen LogP contribution < -0.4 is 4.90 Å². The van der Waals surface area contributed by atoms with Crippen molar-refractivity contribution in [2.24, 2.45) is 4.99 Å². The fourth-order valence-electron chi connectivity index (χ4n) is 4.64. The smallest absolute Gasteiger partial charge is 0.237 e. The van der Waals surface area contributed by atoms with Gasteiger partial charge in [-0.3, -0.25) is 9.79 Å². The number of nitrogens with zero attached hydrogens (tertiary/aromatic N) is 2. The van der Waals surface area contributed by atoms with Gasteiger partial charge in [0, 0.05) is 27.4 Å². The minimum atomic E-state index is -0.314. The number of benzene rings is 2. The minimum absolute atomic E-state index is 0.140. The van der Waals surface area contributed by atoms with Gasteiger partial charge in [0.05, 0.1) is 12.3 Å². The van der Waals surface area contributed by atoms with Crippen LogP contribution in [0.2, 0.25) is 5.02 Å². The number of carbonyl (C=O) groups excluding carboxylic acids is 1. The number of thioether (sulfide) groups is 2. The fourth-order valence-corrected chi connectivity index (χ4v) is 6.62. The lowest BCUT2D eigenvalue weighted by atomic mass is 9.65. The van der Waals surface area contributed by atoms with Crippen molar-refractivity contribution in [3.8, 4) is 0 Å². The molecule has 2 aromatic rings. The summed E-state index contributed by atoms with van der Waals surface area (Å²) in [5.74, 6) is 1.58. The van der Waals surface area contributed by atoms with E-state index in [0.29, 0.717) is 5.75 Å². The van der Waals surface area contributed by atoms with E-state index in [-0.39, 0.29) is 16.9 Å². The number of fused-ring (bicyclic) bond motifs is 1. The SMILES string of the molecule is CC1(c2ccc(Cl)cc2)CC(C)(C)N(C(=O)CSC2=NCCS2)c2ccccc21. The molecule has 0 fully saturated rings. The maximum absolute atomic E-state index is 13.3. The molecular formula is C23H25ClN2OS2. The summed E-state index contributed by atoms with van der Waals surface area (Å²) in [7, 11) is 0. The largest absolute Gasteiger partial charge is 0.306 e. The predicted molar refractivity (Wildman–Crippen MR) is 128 cm³/mol. The molecule has 2 aliphatic rings. The molecular weight excluding hydrogens is 420 g/mol. The molecule has 0 spiro atoms. The lowest BCUT2D eigenvalue weighted by Crippen LogP contribution is -2.56. The van der Waals surface area contributed by atoms with Crippen molar-refractivity contribution in [2.75, 3.05) is 23.0 Å². The van der Waals surface area contributed by atoms with Gasteiger partial charge in [-0.15, -0.1) is 0 Å². The topological polar surface area (TPSA) is 32.7 Å². The number of hydrogen-bond donors (Lipinski definition) is 0. The number of carbonyl (C=O) groups is 1. The van der Waals surface area contributed by atoms with Crippen LogP contribution in [0, 0.1) is 0 Å². The highest BCUT2D eigenvalue weighted by molar-refractivity contribution is 8.39. The van der Waals surface area contributed by atoms with Crippen molar-refractivity contribution in [3.05, 3.63) is 64.7 Å². The molecule has 3 nitrogen and oxygen atoms in total. The molecule has 0 bridgehead atoms. The zero-order valence-corrected chi connectivity index (χ0v) is 19.3. The van der Waals surface area contributed by atoms with Gasteiger partial charge in [-0.1, -0.05) is 72.4 Å². The van der Waals surface area contributed by atoms with Crippen LogP contribution in [0.25, 0.3) is 0 Å². The molecule has 2 aromatic carbocycles. The zero-order valence-electron chi connectivity index (χ0n) is 16.9. The summed E-state index contributed by atoms with van der Waals surface area (Å²) < 4.78 is 1.03. The first-order chi connectivity index (χ1) is 13.8. The minimum Gasteiger partial charge on any atom is -0.306 e. The van der Waals surface area contributed by atoms with Crippen molar-refractivity contribution >= 4 is 51.1 Å². The molecule has 0 aromatic heterocycles. The molecule has 0 saturated carbocycles. The molecule has 29 heavy (non-hydrogen) atoms. The number of halogens is 1. The van der Waals surface area contributed by atoms with Gasteiger partial charge in [0.2, 0.25) is 5.91 Å². The van der Waals surface area contributed by atoms with E-state index in [9.17, 15) is 4.79 Å². The second kappa shape index (κ2) is 8.01. The van der Waals surface area contributed by atoms with Crippen LogP contribution in [0.15, 0.2) is 53.5 Å². The van der Waals surface area contributed by atoms with Gasteiger partial charge in [-0.2, -0.15) is 0 Å². The Morgan fingerprint density at radius 3 is 2.59 bits per heavy atom. The molecule has 1 atom stereocenters. The van der Waals surface area contributed by atoms with Crippen molar-refractivity contribution in [2.45, 2.75) is 38.1 Å². The number of para-hydroxylation sites is 1. The van der Waals surface area contributed by atoms with Gasteiger partial charge in [0.25, 0.3) is 0 Å². The van der Waals surface area contributed by atoms with E-state index >= 15 is 0 Å². The summed E-state index contributed by atoms with van der Waals surface area (Å²) in [6.07, 6.45) is 0.838. The van der Waals surface area contributed by atoms with Crippen molar-refractivity contribution in [1.82, 2.24) is 0 Å². The summed E-state index contributed by atoms with van der Waals surface area (Å²) in [5.41, 5.74) is 2.91. The maximum Gasteiger partial charge on any atom is 0.237 e. The Labute approximate surface area is 186 Å². The van der Waals surface area contributed by atoms with E-state index in [2.05, 4.69) is 56.1 Å². The van der Waals surface area contributed by atoms with Crippen LogP contribution in [0.5, 0.6) is 0 Å². The van der Waals surface area contributed by atoms with Crippen LogP contribution in [0.4, 0.5) is 5.69 Å². The van der Waals surface area contributed by atoms with E-state index in [1.54, 1.807) is 23.5 Å². The Kier molecular flexibility index (Phi) is 5.75. The molecule has 2 aliphatic heterocycles. The van der Waals surface area contributed by atoms with Crippen molar-refractivity contribution < 1.29 is 4.79 Å². The monoisotopic (exact) mass is 444 g/mol. The van der Waals surface area contributed by atoms with Crippen molar-refractivity contribution in [1.29, 1.82) is 0 Å². The molecule has 0 radical (unpaired) electrons. The molecule has 0 aliphatic carbocycles. The van der Waals surface area contributed by atoms with Crippen LogP contribution in [-0.2, 0) is 10.2 Å². The molecule has 4 rings (SSSR count). The van der Waals surface area contributed by atoms with Gasteiger partial charge < -0.3 is 4.90 Å². The molecule has 6 heteroatoms. The van der Waals surface area contributed by atoms with Gasteiger partial charge in [-0.05, 0) is 49.6 Å². The molecule has 1 unspecified atom stereocenters. The van der Waals surface area contributed by atoms with Crippen LogP contribution in [0.3, 0.4) is 0 Å². The summed E-state index contributed by atoms with van der Waals surface area (Å²) >= 11 is 9.45. The molecule has 1 amide bonds. The lowest BCUT2D eigenvalue weighted by Gasteiger charge is -2.51. The van der Waals surface area contributed by atoms with Gasteiger partial charge in [0.1, 0.15) is 4.38 Å². The Balaban J connectivity index is 1.71. The van der Waals surface area contributed by atoms with E-state index in [0.717, 1.165) is 33.8 Å². The predicted octanol–water partition coefficient (Wildman–Crippen LogP) is 6.00. The summed E-state index contributed by atoms with van der Waals surface area (Å²) in [6, 6.07) is 16.4. The standard InChI is InChI=1S/C23H25ClN2OS2/c1-22(2)15-23(3,16-8-10-17(24)11-9-16)18-6-4-5-7-19(18)26(22)20(27)14-29-21-25-12-13-28-21/h4-11H,12-15H2,1-3H3. The fraction of sp³-hybridized carbons (Fsp3) is 0.391. The number of rotatable bonds is 3. The third-order valence-corrected chi connectivity index (χ3v) is 8.23. The average molecular weight is 445 g/mol. The van der Waals surface area contributed by atoms with Gasteiger partial charge in [-0.25, -0.2) is 0 Å². The highest BCUT2D eigenvalue weighted by Gasteiger charge is 2.47. The summed E-state index contributed by atoms with van der Waals surface area (Å²) in [5, 5.41) is 0.738. The van der Waals surface area contributed by atoms with Crippen molar-refractivity contribution in [3.63, 3.8) is 0 Å². The lowest BCUT2D eigenvalue weighted by molar-refractivity contribution is -0.117. The molecule has 2 heterocycles. The highest BCUT2D eigenvalue weighted by atomic mass is 35.5. The van der Waals surface area contributed by atoms with Gasteiger partial charge in [0.15, 0.2) is 0 Å².